The van der Waals surface area contributed by atoms with E-state index < -0.39 is 0 Å². The third-order valence-corrected chi connectivity index (χ3v) is 2.92. The van der Waals surface area contributed by atoms with Crippen LogP contribution >= 0.6 is 11.6 Å². The van der Waals surface area contributed by atoms with Gasteiger partial charge < -0.3 is 0 Å². The quantitative estimate of drug-likeness (QED) is 0.450. The van der Waals surface area contributed by atoms with Gasteiger partial charge in [0.15, 0.2) is 5.78 Å². The maximum absolute atomic E-state index is 11.6. The van der Waals surface area contributed by atoms with E-state index in [4.69, 9.17) is 11.6 Å². The lowest BCUT2D eigenvalue weighted by molar-refractivity contribution is -0.111. The molecule has 0 aliphatic heterocycles. The van der Waals surface area contributed by atoms with Crippen molar-refractivity contribution in [2.24, 2.45) is 5.10 Å². The van der Waals surface area contributed by atoms with Gasteiger partial charge in [0, 0.05) is 6.92 Å². The predicted octanol–water partition coefficient (Wildman–Crippen LogP) is 3.27. The highest BCUT2D eigenvalue weighted by atomic mass is 35.5. The topological polar surface area (TPSA) is 65.5 Å². The predicted molar refractivity (Wildman–Crippen MR) is 86.4 cm³/mol. The van der Waals surface area contributed by atoms with Gasteiger partial charge in [0.05, 0.1) is 16.4 Å². The summed E-state index contributed by atoms with van der Waals surface area (Å²) >= 11 is 6.02. The van der Waals surface area contributed by atoms with Gasteiger partial charge >= 0.3 is 0 Å². The second-order valence-electron chi connectivity index (χ2n) is 4.22. The molecule has 0 radical (unpaired) electrons. The summed E-state index contributed by atoms with van der Waals surface area (Å²) in [6.45, 7) is 1.42. The Hall–Kier alpha value is -2.53. The summed E-state index contributed by atoms with van der Waals surface area (Å²) in [5.74, 6) is -0.0586. The van der Waals surface area contributed by atoms with Gasteiger partial charge in [-0.2, -0.15) is 5.10 Å². The van der Waals surface area contributed by atoms with Gasteiger partial charge in [-0.1, -0.05) is 41.9 Å². The maximum Gasteiger partial charge on any atom is 0.207 e. The first-order chi connectivity index (χ1) is 10.2. The van der Waals surface area contributed by atoms with Crippen molar-refractivity contribution < 1.29 is 4.79 Å². The number of nitrogens with zero attached hydrogens (tertiary/aromatic N) is 1. The number of hydrazine groups is 1. The fourth-order valence-electron chi connectivity index (χ4n) is 1.52. The van der Waals surface area contributed by atoms with E-state index in [-0.39, 0.29) is 11.6 Å². The van der Waals surface area contributed by atoms with Crippen molar-refractivity contribution in [1.82, 2.24) is 5.43 Å². The summed E-state index contributed by atoms with van der Waals surface area (Å²) in [5.41, 5.74) is 9.86. The molecular formula is C15H15ClN4O. The van der Waals surface area contributed by atoms with E-state index in [1.54, 1.807) is 12.1 Å². The number of carbonyl (C=O) groups excluding carboxylic acids is 1. The lowest BCUT2D eigenvalue weighted by atomic mass is 10.3. The smallest absolute Gasteiger partial charge is 0.207 e. The molecule has 0 unspecified atom stereocenters. The molecule has 0 spiro atoms. The maximum atomic E-state index is 11.6. The highest BCUT2D eigenvalue weighted by Crippen LogP contribution is 2.19. The van der Waals surface area contributed by atoms with E-state index in [0.717, 1.165) is 5.69 Å². The number of hydrogen-bond donors (Lipinski definition) is 3. The first-order valence-corrected chi connectivity index (χ1v) is 6.71. The van der Waals surface area contributed by atoms with Crippen LogP contribution < -0.4 is 16.3 Å². The molecule has 0 aromatic heterocycles. The molecule has 0 amide bonds. The van der Waals surface area contributed by atoms with Crippen molar-refractivity contribution in [2.75, 3.05) is 10.9 Å². The van der Waals surface area contributed by atoms with Crippen molar-refractivity contribution in [2.45, 2.75) is 6.92 Å². The van der Waals surface area contributed by atoms with Crippen molar-refractivity contribution in [1.29, 1.82) is 0 Å². The van der Waals surface area contributed by atoms with Gasteiger partial charge in [-0.05, 0) is 24.3 Å². The molecule has 5 nitrogen and oxygen atoms in total. The number of amidine groups is 1. The first-order valence-electron chi connectivity index (χ1n) is 6.33. The summed E-state index contributed by atoms with van der Waals surface area (Å²) in [6, 6.07) is 16.5. The Balaban J connectivity index is 2.03. The van der Waals surface area contributed by atoms with Gasteiger partial charge in [-0.3, -0.25) is 21.1 Å². The summed E-state index contributed by atoms with van der Waals surface area (Å²) < 4.78 is 0. The standard InChI is InChI=1S/C15H15ClN4O/c1-11(21)15(19-17-12-7-3-2-4-8-12)20-18-14-10-6-5-9-13(14)16/h2-10,17-18H,1H3,(H,19,20). The Labute approximate surface area is 128 Å². The number of benzene rings is 2. The molecule has 0 atom stereocenters. The number of para-hydroxylation sites is 2. The summed E-state index contributed by atoms with van der Waals surface area (Å²) in [7, 11) is 0. The van der Waals surface area contributed by atoms with Crippen molar-refractivity contribution in [3.63, 3.8) is 0 Å². The fraction of sp³-hybridized carbons (Fsp3) is 0.0667. The number of nitrogens with one attached hydrogen (secondary N) is 3. The van der Waals surface area contributed by atoms with E-state index in [0.29, 0.717) is 10.7 Å². The molecule has 0 aliphatic rings. The van der Waals surface area contributed by atoms with Gasteiger partial charge in [0.2, 0.25) is 5.84 Å². The molecule has 0 heterocycles. The number of Topliss-reactive ketones (excluding diaryl/α,β-unsaturated/α-hetero) is 1. The van der Waals surface area contributed by atoms with Gasteiger partial charge in [0.1, 0.15) is 0 Å². The van der Waals surface area contributed by atoms with E-state index >= 15 is 0 Å². The van der Waals surface area contributed by atoms with Gasteiger partial charge in [-0.15, -0.1) is 0 Å². The Kier molecular flexibility index (Phi) is 5.17. The number of hydrogen-bond acceptors (Lipinski definition) is 4. The van der Waals surface area contributed by atoms with Crippen LogP contribution in [0, 0.1) is 0 Å². The van der Waals surface area contributed by atoms with E-state index in [1.807, 2.05) is 42.5 Å². The van der Waals surface area contributed by atoms with Crippen LogP contribution in [-0.2, 0) is 4.79 Å². The van der Waals surface area contributed by atoms with Crippen LogP contribution in [0.15, 0.2) is 59.7 Å². The minimum Gasteiger partial charge on any atom is -0.298 e. The van der Waals surface area contributed by atoms with E-state index in [1.165, 1.54) is 6.92 Å². The monoisotopic (exact) mass is 302 g/mol. The minimum absolute atomic E-state index is 0.152. The molecule has 3 N–H and O–H groups in total. The Morgan fingerprint density at radius 3 is 2.38 bits per heavy atom. The summed E-state index contributed by atoms with van der Waals surface area (Å²) in [6.07, 6.45) is 0. The highest BCUT2D eigenvalue weighted by Gasteiger charge is 2.06. The van der Waals surface area contributed by atoms with Crippen molar-refractivity contribution in [3.8, 4) is 0 Å². The van der Waals surface area contributed by atoms with Crippen LogP contribution in [0.25, 0.3) is 0 Å². The molecule has 21 heavy (non-hydrogen) atoms. The van der Waals surface area contributed by atoms with Crippen LogP contribution in [0.1, 0.15) is 6.92 Å². The number of ketones is 1. The molecule has 0 aliphatic carbocycles. The molecule has 2 rings (SSSR count). The van der Waals surface area contributed by atoms with Gasteiger partial charge in [0.25, 0.3) is 0 Å². The number of anilines is 2. The van der Waals surface area contributed by atoms with Crippen molar-refractivity contribution >= 4 is 34.6 Å². The molecule has 6 heteroatoms. The minimum atomic E-state index is -0.210. The first kappa shape index (κ1) is 14.9. The van der Waals surface area contributed by atoms with Gasteiger partial charge in [-0.25, -0.2) is 0 Å². The third kappa shape index (κ3) is 4.50. The largest absolute Gasteiger partial charge is 0.298 e. The fourth-order valence-corrected chi connectivity index (χ4v) is 1.70. The van der Waals surface area contributed by atoms with Crippen LogP contribution in [0.2, 0.25) is 5.02 Å². The number of halogens is 1. The zero-order chi connectivity index (χ0) is 15.1. The average Bonchev–Trinajstić information content (AvgIpc) is 2.49. The molecular weight excluding hydrogens is 288 g/mol. The molecule has 2 aromatic carbocycles. The summed E-state index contributed by atoms with van der Waals surface area (Å²) in [4.78, 5) is 11.6. The Bertz CT molecular complexity index is 643. The molecule has 2 aromatic rings. The second-order valence-corrected chi connectivity index (χ2v) is 4.63. The van der Waals surface area contributed by atoms with E-state index in [9.17, 15) is 4.79 Å². The number of hydrazone groups is 1. The summed E-state index contributed by atoms with van der Waals surface area (Å²) in [5, 5.41) is 4.58. The number of carbonyl (C=O) groups is 1. The zero-order valence-corrected chi connectivity index (χ0v) is 12.2. The lowest BCUT2D eigenvalue weighted by Crippen LogP contribution is -2.35. The van der Waals surface area contributed by atoms with Crippen molar-refractivity contribution in [3.05, 3.63) is 59.6 Å². The molecule has 0 fully saturated rings. The lowest BCUT2D eigenvalue weighted by Gasteiger charge is -2.11. The SMILES string of the molecule is CC(=O)/C(=N\Nc1ccccc1)NNc1ccccc1Cl. The number of rotatable bonds is 5. The molecule has 0 bridgehead atoms. The molecule has 0 saturated heterocycles. The van der Waals surface area contributed by atoms with Crippen LogP contribution in [0.4, 0.5) is 11.4 Å². The molecule has 0 saturated carbocycles. The second kappa shape index (κ2) is 7.31. The highest BCUT2D eigenvalue weighted by molar-refractivity contribution is 6.38. The third-order valence-electron chi connectivity index (χ3n) is 2.59. The Morgan fingerprint density at radius 1 is 1.05 bits per heavy atom. The van der Waals surface area contributed by atoms with Crippen LogP contribution in [0.5, 0.6) is 0 Å². The normalized spacial score (nSPS) is 10.9. The molecule has 108 valence electrons. The average molecular weight is 303 g/mol. The van der Waals surface area contributed by atoms with E-state index in [2.05, 4.69) is 21.4 Å². The zero-order valence-electron chi connectivity index (χ0n) is 11.4. The Morgan fingerprint density at radius 2 is 1.71 bits per heavy atom. The van der Waals surface area contributed by atoms with Crippen LogP contribution in [0.3, 0.4) is 0 Å². The van der Waals surface area contributed by atoms with Crippen LogP contribution in [-0.4, -0.2) is 11.6 Å².